The first-order valence-electron chi connectivity index (χ1n) is 5.40. The van der Waals surface area contributed by atoms with E-state index in [1.807, 2.05) is 6.92 Å². The topological polar surface area (TPSA) is 55.8 Å². The second kappa shape index (κ2) is 4.45. The maximum absolute atomic E-state index is 11.1. The lowest BCUT2D eigenvalue weighted by Crippen LogP contribution is -2.11. The van der Waals surface area contributed by atoms with Gasteiger partial charge in [-0.05, 0) is 18.9 Å². The maximum atomic E-state index is 11.1. The summed E-state index contributed by atoms with van der Waals surface area (Å²) in [4.78, 5) is 11.1. The van der Waals surface area contributed by atoms with Gasteiger partial charge in [0.15, 0.2) is 11.5 Å². The van der Waals surface area contributed by atoms with Crippen molar-refractivity contribution in [1.82, 2.24) is 0 Å². The fourth-order valence-corrected chi connectivity index (χ4v) is 2.41. The highest BCUT2D eigenvalue weighted by Gasteiger charge is 2.27. The minimum Gasteiger partial charge on any atom is -0.481 e. The van der Waals surface area contributed by atoms with E-state index < -0.39 is 11.9 Å². The van der Waals surface area contributed by atoms with Crippen LogP contribution in [0, 0.1) is 0 Å². The summed E-state index contributed by atoms with van der Waals surface area (Å²) < 4.78 is 10.6. The van der Waals surface area contributed by atoms with Gasteiger partial charge in [0.2, 0.25) is 6.79 Å². The number of hydrogen-bond acceptors (Lipinski definition) is 3. The predicted octanol–water partition coefficient (Wildman–Crippen LogP) is 2.82. The normalized spacial score (nSPS) is 14.8. The lowest BCUT2D eigenvalue weighted by atomic mass is 9.93. The minimum absolute atomic E-state index is 0.156. The second-order valence-corrected chi connectivity index (χ2v) is 4.31. The van der Waals surface area contributed by atoms with E-state index in [0.29, 0.717) is 28.5 Å². The minimum atomic E-state index is -0.902. The van der Waals surface area contributed by atoms with Crippen LogP contribution < -0.4 is 9.47 Å². The van der Waals surface area contributed by atoms with E-state index in [1.54, 1.807) is 13.0 Å². The third-order valence-electron chi connectivity index (χ3n) is 2.91. The van der Waals surface area contributed by atoms with Crippen molar-refractivity contribution in [2.24, 2.45) is 0 Å². The van der Waals surface area contributed by atoms with Crippen LogP contribution in [0.1, 0.15) is 30.9 Å². The van der Waals surface area contributed by atoms with Gasteiger partial charge in [-0.25, -0.2) is 0 Å². The first-order chi connectivity index (χ1) is 8.06. The number of carbonyl (C=O) groups is 1. The number of halogens is 1. The molecule has 0 saturated heterocycles. The molecular formula is C12H13ClO4. The molecule has 0 aliphatic carbocycles. The molecule has 1 aliphatic rings. The summed E-state index contributed by atoms with van der Waals surface area (Å²) in [5.74, 6) is -0.347. The molecule has 0 amide bonds. The Hall–Kier alpha value is -1.42. The predicted molar refractivity (Wildman–Crippen MR) is 63.0 cm³/mol. The highest BCUT2D eigenvalue weighted by molar-refractivity contribution is 6.32. The van der Waals surface area contributed by atoms with Gasteiger partial charge in [-0.15, -0.1) is 0 Å². The Morgan fingerprint density at radius 1 is 1.59 bits per heavy atom. The standard InChI is InChI=1S/C12H13ClO4/c1-3-7-10(6(2)12(14)15)8(13)4-9-11(7)17-5-16-9/h4,6H,3,5H2,1-2H3,(H,14,15). The number of ether oxygens (including phenoxy) is 2. The number of carboxylic acid groups (broad SMARTS) is 1. The third kappa shape index (κ3) is 1.93. The van der Waals surface area contributed by atoms with Gasteiger partial charge in [-0.3, -0.25) is 4.79 Å². The van der Waals surface area contributed by atoms with Crippen molar-refractivity contribution in [2.45, 2.75) is 26.2 Å². The molecule has 0 aromatic heterocycles. The number of aliphatic carboxylic acids is 1. The van der Waals surface area contributed by atoms with E-state index >= 15 is 0 Å². The third-order valence-corrected chi connectivity index (χ3v) is 3.23. The summed E-state index contributed by atoms with van der Waals surface area (Å²) >= 11 is 6.13. The SMILES string of the molecule is CCc1c2c(cc(Cl)c1C(C)C(=O)O)OCO2. The average Bonchev–Trinajstić information content (AvgIpc) is 2.73. The number of hydrogen-bond donors (Lipinski definition) is 1. The molecule has 2 rings (SSSR count). The van der Waals surface area contributed by atoms with Gasteiger partial charge in [0, 0.05) is 16.7 Å². The summed E-state index contributed by atoms with van der Waals surface area (Å²) in [6.07, 6.45) is 0.652. The number of rotatable bonds is 3. The number of carboxylic acids is 1. The molecule has 1 aromatic carbocycles. The fourth-order valence-electron chi connectivity index (χ4n) is 2.03. The summed E-state index contributed by atoms with van der Waals surface area (Å²) in [5.41, 5.74) is 1.44. The molecule has 1 aliphatic heterocycles. The van der Waals surface area contributed by atoms with Gasteiger partial charge < -0.3 is 14.6 Å². The Bertz CT molecular complexity index is 470. The monoisotopic (exact) mass is 256 g/mol. The molecule has 4 nitrogen and oxygen atoms in total. The van der Waals surface area contributed by atoms with Crippen molar-refractivity contribution >= 4 is 17.6 Å². The molecule has 5 heteroatoms. The van der Waals surface area contributed by atoms with Crippen LogP contribution in [0.5, 0.6) is 11.5 Å². The van der Waals surface area contributed by atoms with Gasteiger partial charge in [0.25, 0.3) is 0 Å². The lowest BCUT2D eigenvalue weighted by molar-refractivity contribution is -0.138. The van der Waals surface area contributed by atoms with Crippen molar-refractivity contribution in [2.75, 3.05) is 6.79 Å². The number of benzene rings is 1. The zero-order chi connectivity index (χ0) is 12.6. The maximum Gasteiger partial charge on any atom is 0.310 e. The van der Waals surface area contributed by atoms with Crippen LogP contribution in [0.2, 0.25) is 5.02 Å². The van der Waals surface area contributed by atoms with Crippen molar-refractivity contribution < 1.29 is 19.4 Å². The molecule has 1 heterocycles. The van der Waals surface area contributed by atoms with Crippen LogP contribution in [-0.2, 0) is 11.2 Å². The van der Waals surface area contributed by atoms with E-state index in [-0.39, 0.29) is 6.79 Å². The molecule has 92 valence electrons. The average molecular weight is 257 g/mol. The Labute approximate surface area is 104 Å². The number of fused-ring (bicyclic) bond motifs is 1. The Morgan fingerprint density at radius 2 is 2.29 bits per heavy atom. The van der Waals surface area contributed by atoms with E-state index in [9.17, 15) is 4.79 Å². The van der Waals surface area contributed by atoms with Gasteiger partial charge in [0.1, 0.15) is 0 Å². The molecule has 1 N–H and O–H groups in total. The van der Waals surface area contributed by atoms with Gasteiger partial charge in [-0.2, -0.15) is 0 Å². The molecular weight excluding hydrogens is 244 g/mol. The van der Waals surface area contributed by atoms with E-state index in [4.69, 9.17) is 26.2 Å². The van der Waals surface area contributed by atoms with Crippen LogP contribution in [0.3, 0.4) is 0 Å². The summed E-state index contributed by atoms with van der Waals surface area (Å²) in [5, 5.41) is 9.52. The summed E-state index contributed by atoms with van der Waals surface area (Å²) in [6, 6.07) is 1.62. The first-order valence-corrected chi connectivity index (χ1v) is 5.77. The Balaban J connectivity index is 2.62. The smallest absolute Gasteiger partial charge is 0.310 e. The Kier molecular flexibility index (Phi) is 3.15. The zero-order valence-electron chi connectivity index (χ0n) is 9.62. The van der Waals surface area contributed by atoms with E-state index in [0.717, 1.165) is 5.56 Å². The van der Waals surface area contributed by atoms with Crippen molar-refractivity contribution in [3.8, 4) is 11.5 Å². The van der Waals surface area contributed by atoms with E-state index in [2.05, 4.69) is 0 Å². The zero-order valence-corrected chi connectivity index (χ0v) is 10.4. The van der Waals surface area contributed by atoms with Crippen LogP contribution in [0.25, 0.3) is 0 Å². The molecule has 0 bridgehead atoms. The molecule has 0 fully saturated rings. The summed E-state index contributed by atoms with van der Waals surface area (Å²) in [7, 11) is 0. The second-order valence-electron chi connectivity index (χ2n) is 3.90. The largest absolute Gasteiger partial charge is 0.481 e. The van der Waals surface area contributed by atoms with Gasteiger partial charge in [0.05, 0.1) is 5.92 Å². The van der Waals surface area contributed by atoms with Crippen molar-refractivity contribution in [3.05, 3.63) is 22.2 Å². The van der Waals surface area contributed by atoms with Crippen LogP contribution in [0.4, 0.5) is 0 Å². The van der Waals surface area contributed by atoms with Gasteiger partial charge in [-0.1, -0.05) is 18.5 Å². The quantitative estimate of drug-likeness (QED) is 0.904. The molecule has 17 heavy (non-hydrogen) atoms. The lowest BCUT2D eigenvalue weighted by Gasteiger charge is -2.16. The van der Waals surface area contributed by atoms with Crippen molar-refractivity contribution in [3.63, 3.8) is 0 Å². The van der Waals surface area contributed by atoms with Gasteiger partial charge >= 0.3 is 5.97 Å². The van der Waals surface area contributed by atoms with Crippen LogP contribution in [0.15, 0.2) is 6.07 Å². The van der Waals surface area contributed by atoms with E-state index in [1.165, 1.54) is 0 Å². The fraction of sp³-hybridized carbons (Fsp3) is 0.417. The Morgan fingerprint density at radius 3 is 2.88 bits per heavy atom. The van der Waals surface area contributed by atoms with Crippen LogP contribution in [-0.4, -0.2) is 17.9 Å². The van der Waals surface area contributed by atoms with Crippen LogP contribution >= 0.6 is 11.6 Å². The first kappa shape index (κ1) is 12.0. The summed E-state index contributed by atoms with van der Waals surface area (Å²) in [6.45, 7) is 3.71. The molecule has 0 saturated carbocycles. The molecule has 1 aromatic rings. The molecule has 1 unspecified atom stereocenters. The highest BCUT2D eigenvalue weighted by atomic mass is 35.5. The molecule has 1 atom stereocenters. The van der Waals surface area contributed by atoms with Crippen molar-refractivity contribution in [1.29, 1.82) is 0 Å². The highest BCUT2D eigenvalue weighted by Crippen LogP contribution is 2.44. The molecule has 0 radical (unpaired) electrons. The molecule has 0 spiro atoms.